The quantitative estimate of drug-likeness (QED) is 0.278. The summed E-state index contributed by atoms with van der Waals surface area (Å²) in [6, 6.07) is 26.4. The van der Waals surface area contributed by atoms with Crippen LogP contribution in [-0.2, 0) is 4.43 Å². The smallest absolute Gasteiger partial charge is 0.261 e. The number of ether oxygens (including phenoxy) is 2. The van der Waals surface area contributed by atoms with Crippen LogP contribution in [0.25, 0.3) is 0 Å². The Kier molecular flexibility index (Phi) is 7.70. The zero-order valence-corrected chi connectivity index (χ0v) is 22.5. The second-order valence-corrected chi connectivity index (χ2v) is 14.7. The van der Waals surface area contributed by atoms with Gasteiger partial charge in [0.25, 0.3) is 13.6 Å². The maximum atomic E-state index is 11.7. The average Bonchev–Trinajstić information content (AvgIpc) is 3.29. The van der Waals surface area contributed by atoms with Crippen molar-refractivity contribution in [1.82, 2.24) is 0 Å². The Hall–Kier alpha value is -2.60. The van der Waals surface area contributed by atoms with Crippen LogP contribution in [0.1, 0.15) is 50.4 Å². The fourth-order valence-electron chi connectivity index (χ4n) is 5.13. The number of hydrogen-bond acceptors (Lipinski definition) is 4. The van der Waals surface area contributed by atoms with Crippen molar-refractivity contribution in [1.29, 1.82) is 0 Å². The van der Waals surface area contributed by atoms with Crippen LogP contribution in [0.2, 0.25) is 5.04 Å². The molecule has 0 spiro atoms. The van der Waals surface area contributed by atoms with Crippen LogP contribution in [0.5, 0.6) is 11.5 Å². The molecule has 0 amide bonds. The van der Waals surface area contributed by atoms with Crippen molar-refractivity contribution in [2.24, 2.45) is 0 Å². The van der Waals surface area contributed by atoms with Crippen LogP contribution in [-0.4, -0.2) is 32.9 Å². The summed E-state index contributed by atoms with van der Waals surface area (Å²) in [5.74, 6) is 1.12. The summed E-state index contributed by atoms with van der Waals surface area (Å²) in [6.45, 7) is 6.88. The average molecular weight is 509 g/mol. The maximum absolute atomic E-state index is 11.7. The van der Waals surface area contributed by atoms with Crippen molar-refractivity contribution >= 4 is 35.5 Å². The van der Waals surface area contributed by atoms with Crippen LogP contribution >= 0.6 is 11.6 Å². The van der Waals surface area contributed by atoms with Gasteiger partial charge in [0.15, 0.2) is 11.5 Å². The molecule has 0 saturated heterocycles. The molecule has 0 N–H and O–H groups in total. The van der Waals surface area contributed by atoms with Crippen molar-refractivity contribution in [3.05, 3.63) is 84.4 Å². The second-order valence-electron chi connectivity index (χ2n) is 10.1. The van der Waals surface area contributed by atoms with Gasteiger partial charge in [0.05, 0.1) is 7.11 Å². The van der Waals surface area contributed by atoms with Gasteiger partial charge in [0.2, 0.25) is 0 Å². The minimum atomic E-state index is -2.62. The van der Waals surface area contributed by atoms with Gasteiger partial charge >= 0.3 is 0 Å². The highest BCUT2D eigenvalue weighted by molar-refractivity contribution is 6.99. The fourth-order valence-corrected chi connectivity index (χ4v) is 9.97. The zero-order valence-electron chi connectivity index (χ0n) is 20.8. The standard InChI is InChI=1S/C29H33ClO4Si/c1-29(2,3)35(24-11-7-5-8-12-24,25-13-9-6-10-14-25)34-23-17-16-22(20-23)33-27-19-21(28(30)31)15-18-26(27)32-4/h5-15,18-19,22-23H,16-17,20H2,1-4H3/t22-,23-/m1/s1. The third-order valence-electron chi connectivity index (χ3n) is 6.78. The van der Waals surface area contributed by atoms with Crippen molar-refractivity contribution in [3.8, 4) is 11.5 Å². The SMILES string of the molecule is COc1ccc(C(=O)Cl)cc1O[C@@H]1CC[C@@H](O[Si](c2ccccc2)(c2ccccc2)C(C)(C)C)C1. The predicted molar refractivity (Wildman–Crippen MR) is 144 cm³/mol. The van der Waals surface area contributed by atoms with E-state index in [-0.39, 0.29) is 17.2 Å². The minimum absolute atomic E-state index is 0.0345. The Bertz CT molecular complexity index is 1100. The number of carbonyl (C=O) groups is 1. The summed E-state index contributed by atoms with van der Waals surface area (Å²) in [5.41, 5.74) is 0.389. The van der Waals surface area contributed by atoms with E-state index in [0.717, 1.165) is 19.3 Å². The Morgan fingerprint density at radius 3 is 1.94 bits per heavy atom. The van der Waals surface area contributed by atoms with Gasteiger partial charge in [-0.2, -0.15) is 0 Å². The lowest BCUT2D eigenvalue weighted by Crippen LogP contribution is -2.67. The molecule has 3 aromatic carbocycles. The molecule has 1 saturated carbocycles. The highest BCUT2D eigenvalue weighted by Crippen LogP contribution is 2.40. The van der Waals surface area contributed by atoms with Crippen LogP contribution in [0.3, 0.4) is 0 Å². The molecule has 6 heteroatoms. The molecule has 35 heavy (non-hydrogen) atoms. The molecule has 2 atom stereocenters. The first-order chi connectivity index (χ1) is 16.7. The Balaban J connectivity index is 1.62. The summed E-state index contributed by atoms with van der Waals surface area (Å²) in [7, 11) is -1.03. The molecule has 1 aliphatic rings. The summed E-state index contributed by atoms with van der Waals surface area (Å²) in [6.07, 6.45) is 2.58. The molecule has 0 aliphatic heterocycles. The molecule has 1 fully saturated rings. The molecule has 3 aromatic rings. The topological polar surface area (TPSA) is 44.8 Å². The van der Waals surface area contributed by atoms with Crippen LogP contribution in [0.4, 0.5) is 0 Å². The second kappa shape index (κ2) is 10.6. The lowest BCUT2D eigenvalue weighted by atomic mass is 10.2. The molecule has 0 bridgehead atoms. The van der Waals surface area contributed by atoms with E-state index in [2.05, 4.69) is 81.4 Å². The van der Waals surface area contributed by atoms with Crippen molar-refractivity contribution in [2.45, 2.75) is 57.3 Å². The van der Waals surface area contributed by atoms with Gasteiger partial charge in [-0.25, -0.2) is 0 Å². The van der Waals surface area contributed by atoms with E-state index in [1.807, 2.05) is 0 Å². The molecule has 0 radical (unpaired) electrons. The van der Waals surface area contributed by atoms with Crippen molar-refractivity contribution in [2.75, 3.05) is 7.11 Å². The van der Waals surface area contributed by atoms with Crippen molar-refractivity contribution < 1.29 is 18.7 Å². The van der Waals surface area contributed by atoms with E-state index in [0.29, 0.717) is 17.1 Å². The fraction of sp³-hybridized carbons (Fsp3) is 0.345. The monoisotopic (exact) mass is 508 g/mol. The molecule has 184 valence electrons. The first-order valence-electron chi connectivity index (χ1n) is 12.1. The minimum Gasteiger partial charge on any atom is -0.493 e. The van der Waals surface area contributed by atoms with Gasteiger partial charge in [-0.05, 0) is 58.1 Å². The summed E-state index contributed by atoms with van der Waals surface area (Å²) in [5, 5.41) is 1.96. The lowest BCUT2D eigenvalue weighted by molar-refractivity contribution is 0.108. The highest BCUT2D eigenvalue weighted by Gasteiger charge is 2.52. The Morgan fingerprint density at radius 1 is 0.857 bits per heavy atom. The van der Waals surface area contributed by atoms with Crippen LogP contribution in [0, 0.1) is 0 Å². The molecule has 0 aromatic heterocycles. The van der Waals surface area contributed by atoms with E-state index in [9.17, 15) is 4.79 Å². The van der Waals surface area contributed by atoms with Gasteiger partial charge < -0.3 is 13.9 Å². The molecular formula is C29H33ClO4Si. The number of methoxy groups -OCH3 is 1. The number of benzene rings is 3. The third kappa shape index (κ3) is 5.32. The van der Waals surface area contributed by atoms with Crippen molar-refractivity contribution in [3.63, 3.8) is 0 Å². The first kappa shape index (κ1) is 25.5. The molecule has 0 unspecified atom stereocenters. The van der Waals surface area contributed by atoms with Gasteiger partial charge in [-0.3, -0.25) is 4.79 Å². The largest absolute Gasteiger partial charge is 0.493 e. The number of rotatable bonds is 8. The number of hydrogen-bond donors (Lipinski definition) is 0. The van der Waals surface area contributed by atoms with E-state index < -0.39 is 13.6 Å². The molecule has 4 nitrogen and oxygen atoms in total. The lowest BCUT2D eigenvalue weighted by Gasteiger charge is -2.44. The van der Waals surface area contributed by atoms with E-state index in [4.69, 9.17) is 25.5 Å². The third-order valence-corrected chi connectivity index (χ3v) is 12.1. The molecule has 0 heterocycles. The molecular weight excluding hydrogens is 476 g/mol. The molecule has 1 aliphatic carbocycles. The number of carbonyl (C=O) groups excluding carboxylic acids is 1. The summed E-state index contributed by atoms with van der Waals surface area (Å²) >= 11 is 5.69. The van der Waals surface area contributed by atoms with Crippen LogP contribution < -0.4 is 19.8 Å². The molecule has 4 rings (SSSR count). The van der Waals surface area contributed by atoms with Gasteiger partial charge in [-0.1, -0.05) is 81.4 Å². The summed E-state index contributed by atoms with van der Waals surface area (Å²) in [4.78, 5) is 11.7. The highest BCUT2D eigenvalue weighted by atomic mass is 35.5. The summed E-state index contributed by atoms with van der Waals surface area (Å²) < 4.78 is 19.1. The van der Waals surface area contributed by atoms with Gasteiger partial charge in [0, 0.05) is 18.1 Å². The maximum Gasteiger partial charge on any atom is 0.261 e. The van der Waals surface area contributed by atoms with Gasteiger partial charge in [-0.15, -0.1) is 0 Å². The van der Waals surface area contributed by atoms with E-state index in [1.54, 1.807) is 25.3 Å². The van der Waals surface area contributed by atoms with E-state index >= 15 is 0 Å². The predicted octanol–water partition coefficient (Wildman–Crippen LogP) is 5.95. The normalized spacial score (nSPS) is 18.3. The Morgan fingerprint density at radius 2 is 1.43 bits per heavy atom. The number of halogens is 1. The zero-order chi connectivity index (χ0) is 25.1. The van der Waals surface area contributed by atoms with E-state index in [1.165, 1.54) is 10.4 Å². The Labute approximate surface area is 214 Å². The first-order valence-corrected chi connectivity index (χ1v) is 14.4. The van der Waals surface area contributed by atoms with Crippen LogP contribution in [0.15, 0.2) is 78.9 Å². The van der Waals surface area contributed by atoms with Gasteiger partial charge in [0.1, 0.15) is 6.10 Å².